The van der Waals surface area contributed by atoms with Crippen molar-refractivity contribution in [1.29, 1.82) is 0 Å². The van der Waals surface area contributed by atoms with Gasteiger partial charge < -0.3 is 20.1 Å². The van der Waals surface area contributed by atoms with E-state index in [9.17, 15) is 4.79 Å². The average molecular weight is 293 g/mol. The third-order valence-corrected chi connectivity index (χ3v) is 3.15. The van der Waals surface area contributed by atoms with Gasteiger partial charge in [-0.2, -0.15) is 0 Å². The van der Waals surface area contributed by atoms with Crippen LogP contribution in [0.5, 0.6) is 5.75 Å². The Morgan fingerprint density at radius 2 is 2.24 bits per heavy atom. The van der Waals surface area contributed by atoms with Gasteiger partial charge in [0.25, 0.3) is 5.91 Å². The molecule has 0 aliphatic heterocycles. The second-order valence-corrected chi connectivity index (χ2v) is 5.20. The molecule has 2 rings (SSSR count). The van der Waals surface area contributed by atoms with Gasteiger partial charge in [-0.15, -0.1) is 0 Å². The fourth-order valence-electron chi connectivity index (χ4n) is 1.88. The molecule has 0 unspecified atom stereocenters. The number of nitrogens with one attached hydrogen (secondary N) is 2. The number of ether oxygens (including phenoxy) is 2. The number of pyridine rings is 1. The van der Waals surface area contributed by atoms with Crippen molar-refractivity contribution in [3.63, 3.8) is 0 Å². The van der Waals surface area contributed by atoms with Gasteiger partial charge >= 0.3 is 0 Å². The van der Waals surface area contributed by atoms with Crippen molar-refractivity contribution in [1.82, 2.24) is 15.6 Å². The van der Waals surface area contributed by atoms with Crippen LogP contribution in [0.4, 0.5) is 0 Å². The summed E-state index contributed by atoms with van der Waals surface area (Å²) in [6.45, 7) is 3.94. The molecule has 1 aromatic rings. The van der Waals surface area contributed by atoms with Crippen molar-refractivity contribution in [3.05, 3.63) is 23.5 Å². The van der Waals surface area contributed by atoms with Crippen molar-refractivity contribution in [3.8, 4) is 5.75 Å². The van der Waals surface area contributed by atoms with Crippen molar-refractivity contribution < 1.29 is 14.3 Å². The van der Waals surface area contributed by atoms with E-state index in [1.807, 2.05) is 19.1 Å². The lowest BCUT2D eigenvalue weighted by Crippen LogP contribution is -2.30. The van der Waals surface area contributed by atoms with Crippen LogP contribution < -0.4 is 15.4 Å². The van der Waals surface area contributed by atoms with E-state index in [4.69, 9.17) is 9.47 Å². The fourth-order valence-corrected chi connectivity index (χ4v) is 1.88. The molecule has 1 aliphatic carbocycles. The third-order valence-electron chi connectivity index (χ3n) is 3.15. The van der Waals surface area contributed by atoms with Crippen LogP contribution in [0.1, 0.15) is 24.2 Å². The van der Waals surface area contributed by atoms with Crippen LogP contribution in [0.15, 0.2) is 12.1 Å². The molecule has 116 valence electrons. The summed E-state index contributed by atoms with van der Waals surface area (Å²) in [7, 11) is 1.67. The second-order valence-electron chi connectivity index (χ2n) is 5.20. The topological polar surface area (TPSA) is 72.5 Å². The molecule has 0 radical (unpaired) electrons. The van der Waals surface area contributed by atoms with Gasteiger partial charge in [-0.1, -0.05) is 0 Å². The van der Waals surface area contributed by atoms with Crippen LogP contribution in [-0.4, -0.2) is 43.8 Å². The van der Waals surface area contributed by atoms with E-state index < -0.39 is 0 Å². The maximum atomic E-state index is 11.7. The highest BCUT2D eigenvalue weighted by Crippen LogP contribution is 2.19. The summed E-state index contributed by atoms with van der Waals surface area (Å²) in [6, 6.07) is 4.10. The fraction of sp³-hybridized carbons (Fsp3) is 0.600. The SMILES string of the molecule is COCCNCc1nc(C)ccc1OCC(=O)NC1CC1. The van der Waals surface area contributed by atoms with Gasteiger partial charge in [-0.25, -0.2) is 0 Å². The zero-order valence-corrected chi connectivity index (χ0v) is 12.6. The summed E-state index contributed by atoms with van der Waals surface area (Å²) in [6.07, 6.45) is 2.15. The Bertz CT molecular complexity index is 475. The minimum absolute atomic E-state index is 0.0340. The zero-order valence-electron chi connectivity index (χ0n) is 12.6. The number of aryl methyl sites for hydroxylation is 1. The maximum absolute atomic E-state index is 11.7. The van der Waals surface area contributed by atoms with Crippen molar-refractivity contribution in [2.45, 2.75) is 32.4 Å². The molecular formula is C15H23N3O3. The van der Waals surface area contributed by atoms with E-state index in [1.165, 1.54) is 0 Å². The number of methoxy groups -OCH3 is 1. The second kappa shape index (κ2) is 7.95. The van der Waals surface area contributed by atoms with Gasteiger partial charge in [0, 0.05) is 31.9 Å². The first kappa shape index (κ1) is 15.7. The van der Waals surface area contributed by atoms with E-state index in [0.717, 1.165) is 30.8 Å². The number of aromatic nitrogens is 1. The lowest BCUT2D eigenvalue weighted by molar-refractivity contribution is -0.123. The van der Waals surface area contributed by atoms with Gasteiger partial charge in [0.1, 0.15) is 5.75 Å². The summed E-state index contributed by atoms with van der Waals surface area (Å²) in [5, 5.41) is 6.13. The summed E-state index contributed by atoms with van der Waals surface area (Å²) in [5.41, 5.74) is 1.73. The Balaban J connectivity index is 1.85. The molecule has 21 heavy (non-hydrogen) atoms. The van der Waals surface area contributed by atoms with E-state index in [0.29, 0.717) is 24.9 Å². The van der Waals surface area contributed by atoms with Gasteiger partial charge in [0.15, 0.2) is 6.61 Å². The van der Waals surface area contributed by atoms with Crippen LogP contribution in [0.25, 0.3) is 0 Å². The summed E-state index contributed by atoms with van der Waals surface area (Å²) in [4.78, 5) is 16.1. The van der Waals surface area contributed by atoms with Crippen LogP contribution in [0.2, 0.25) is 0 Å². The molecule has 1 amide bonds. The highest BCUT2D eigenvalue weighted by atomic mass is 16.5. The lowest BCUT2D eigenvalue weighted by Gasteiger charge is -2.12. The van der Waals surface area contributed by atoms with E-state index in [-0.39, 0.29) is 12.5 Å². The maximum Gasteiger partial charge on any atom is 0.258 e. The van der Waals surface area contributed by atoms with Gasteiger partial charge in [0.05, 0.1) is 12.3 Å². The molecule has 1 fully saturated rings. The molecule has 0 spiro atoms. The number of hydrogen-bond acceptors (Lipinski definition) is 5. The molecule has 1 aliphatic rings. The number of carbonyl (C=O) groups excluding carboxylic acids is 1. The predicted octanol–water partition coefficient (Wildman–Crippen LogP) is 0.783. The molecule has 6 nitrogen and oxygen atoms in total. The number of carbonyl (C=O) groups is 1. The Morgan fingerprint density at radius 3 is 2.95 bits per heavy atom. The Kier molecular flexibility index (Phi) is 5.95. The number of rotatable bonds is 9. The molecule has 1 aromatic heterocycles. The molecule has 0 bridgehead atoms. The van der Waals surface area contributed by atoms with Crippen LogP contribution in [0.3, 0.4) is 0 Å². The first-order chi connectivity index (χ1) is 10.2. The predicted molar refractivity (Wildman–Crippen MR) is 79.2 cm³/mol. The molecular weight excluding hydrogens is 270 g/mol. The lowest BCUT2D eigenvalue weighted by atomic mass is 10.3. The largest absolute Gasteiger partial charge is 0.482 e. The van der Waals surface area contributed by atoms with E-state index in [2.05, 4.69) is 15.6 Å². The Hall–Kier alpha value is -1.66. The molecule has 1 saturated carbocycles. The number of hydrogen-bond donors (Lipinski definition) is 2. The molecule has 0 aromatic carbocycles. The Morgan fingerprint density at radius 1 is 1.43 bits per heavy atom. The highest BCUT2D eigenvalue weighted by molar-refractivity contribution is 5.78. The highest BCUT2D eigenvalue weighted by Gasteiger charge is 2.23. The first-order valence-corrected chi connectivity index (χ1v) is 7.27. The normalized spacial score (nSPS) is 14.0. The average Bonchev–Trinajstić information content (AvgIpc) is 3.26. The monoisotopic (exact) mass is 293 g/mol. The molecule has 1 heterocycles. The number of nitrogens with zero attached hydrogens (tertiary/aromatic N) is 1. The van der Waals surface area contributed by atoms with Crippen LogP contribution >= 0.6 is 0 Å². The number of amides is 1. The van der Waals surface area contributed by atoms with Crippen LogP contribution in [-0.2, 0) is 16.1 Å². The molecule has 0 atom stereocenters. The van der Waals surface area contributed by atoms with Crippen molar-refractivity contribution in [2.24, 2.45) is 0 Å². The molecule has 6 heteroatoms. The van der Waals surface area contributed by atoms with Gasteiger partial charge in [-0.3, -0.25) is 9.78 Å². The minimum atomic E-state index is -0.0728. The minimum Gasteiger partial charge on any atom is -0.482 e. The molecule has 2 N–H and O–H groups in total. The summed E-state index contributed by atoms with van der Waals surface area (Å²) in [5.74, 6) is 0.577. The quantitative estimate of drug-likeness (QED) is 0.658. The molecule has 0 saturated heterocycles. The smallest absolute Gasteiger partial charge is 0.258 e. The first-order valence-electron chi connectivity index (χ1n) is 7.27. The summed E-state index contributed by atoms with van der Waals surface area (Å²) >= 11 is 0. The standard InChI is InChI=1S/C15H23N3O3/c1-11-3-6-14(13(17-11)9-16-7-8-20-2)21-10-15(19)18-12-4-5-12/h3,6,12,16H,4-5,7-10H2,1-2H3,(H,18,19). The van der Waals surface area contributed by atoms with Crippen LogP contribution in [0, 0.1) is 6.92 Å². The van der Waals surface area contributed by atoms with Gasteiger partial charge in [0.2, 0.25) is 0 Å². The van der Waals surface area contributed by atoms with Crippen molar-refractivity contribution in [2.75, 3.05) is 26.9 Å². The third kappa shape index (κ3) is 5.69. The zero-order chi connectivity index (χ0) is 15.1. The van der Waals surface area contributed by atoms with Gasteiger partial charge in [-0.05, 0) is 31.9 Å². The van der Waals surface area contributed by atoms with E-state index in [1.54, 1.807) is 7.11 Å². The van der Waals surface area contributed by atoms with Crippen molar-refractivity contribution >= 4 is 5.91 Å². The Labute approximate surface area is 125 Å². The van der Waals surface area contributed by atoms with E-state index >= 15 is 0 Å². The summed E-state index contributed by atoms with van der Waals surface area (Å²) < 4.78 is 10.6.